The minimum atomic E-state index is -0.964. The quantitative estimate of drug-likeness (QED) is 0.342. The molecule has 0 amide bonds. The van der Waals surface area contributed by atoms with Crippen LogP contribution in [0.4, 0.5) is 0 Å². The summed E-state index contributed by atoms with van der Waals surface area (Å²) >= 11 is 0. The predicted molar refractivity (Wildman–Crippen MR) is 97.4 cm³/mol. The number of aliphatic hydroxyl groups is 1. The lowest BCUT2D eigenvalue weighted by Gasteiger charge is -2.02. The minimum absolute atomic E-state index is 0.196. The standard InChI is InChI=1S/C20H32O3/c1-2-3-4-5-6-7-8-9-10-11-12-13-14-15-16-17-19(21)18-20(22)23/h6-7,9-10,12-13,15-16,19,21H,2-5,8,11,14,17-18H2,1H3,(H,22,23). The minimum Gasteiger partial charge on any atom is -0.481 e. The van der Waals surface area contributed by atoms with Crippen molar-refractivity contribution in [3.05, 3.63) is 48.6 Å². The lowest BCUT2D eigenvalue weighted by atomic mass is 10.1. The third-order valence-corrected chi connectivity index (χ3v) is 3.28. The lowest BCUT2D eigenvalue weighted by Crippen LogP contribution is -2.11. The maximum atomic E-state index is 10.4. The molecule has 0 aromatic carbocycles. The van der Waals surface area contributed by atoms with Gasteiger partial charge in [-0.05, 0) is 38.5 Å². The zero-order valence-corrected chi connectivity index (χ0v) is 14.4. The monoisotopic (exact) mass is 320 g/mol. The van der Waals surface area contributed by atoms with Gasteiger partial charge in [-0.2, -0.15) is 0 Å². The second kappa shape index (κ2) is 16.8. The summed E-state index contributed by atoms with van der Waals surface area (Å²) in [5.41, 5.74) is 0. The average Bonchev–Trinajstić information content (AvgIpc) is 2.50. The molecule has 0 aromatic rings. The summed E-state index contributed by atoms with van der Waals surface area (Å²) in [5, 5.41) is 17.9. The Labute approximate surface area is 141 Å². The van der Waals surface area contributed by atoms with Crippen molar-refractivity contribution in [3.63, 3.8) is 0 Å². The van der Waals surface area contributed by atoms with Crippen molar-refractivity contribution in [2.75, 3.05) is 0 Å². The van der Waals surface area contributed by atoms with Gasteiger partial charge in [-0.15, -0.1) is 0 Å². The SMILES string of the molecule is CCCCCC=CCC=CCC=CCC=CCC(O)CC(=O)O. The molecule has 23 heavy (non-hydrogen) atoms. The Morgan fingerprint density at radius 1 is 0.870 bits per heavy atom. The molecule has 0 heterocycles. The van der Waals surface area contributed by atoms with E-state index < -0.39 is 12.1 Å². The van der Waals surface area contributed by atoms with Crippen molar-refractivity contribution in [2.45, 2.75) is 70.8 Å². The highest BCUT2D eigenvalue weighted by atomic mass is 16.4. The first kappa shape index (κ1) is 21.4. The second-order valence-electron chi connectivity index (χ2n) is 5.58. The molecule has 0 radical (unpaired) electrons. The van der Waals surface area contributed by atoms with Crippen molar-refractivity contribution < 1.29 is 15.0 Å². The fourth-order valence-corrected chi connectivity index (χ4v) is 1.98. The number of hydrogen-bond donors (Lipinski definition) is 2. The molecule has 2 N–H and O–H groups in total. The van der Waals surface area contributed by atoms with E-state index >= 15 is 0 Å². The van der Waals surface area contributed by atoms with Crippen LogP contribution in [0.1, 0.15) is 64.7 Å². The topological polar surface area (TPSA) is 57.5 Å². The van der Waals surface area contributed by atoms with E-state index in [9.17, 15) is 9.90 Å². The van der Waals surface area contributed by atoms with Crippen LogP contribution in [0.2, 0.25) is 0 Å². The summed E-state index contributed by atoms with van der Waals surface area (Å²) in [7, 11) is 0. The molecular formula is C20H32O3. The van der Waals surface area contributed by atoms with Gasteiger partial charge in [0, 0.05) is 0 Å². The molecule has 0 fully saturated rings. The van der Waals surface area contributed by atoms with Gasteiger partial charge in [0.2, 0.25) is 0 Å². The number of aliphatic carboxylic acids is 1. The van der Waals surface area contributed by atoms with Crippen LogP contribution in [0.3, 0.4) is 0 Å². The number of carboxylic acid groups (broad SMARTS) is 1. The molecule has 1 unspecified atom stereocenters. The van der Waals surface area contributed by atoms with Crippen molar-refractivity contribution >= 4 is 5.97 Å². The Morgan fingerprint density at radius 3 is 1.91 bits per heavy atom. The molecule has 3 heteroatoms. The molecule has 3 nitrogen and oxygen atoms in total. The van der Waals surface area contributed by atoms with Gasteiger partial charge in [0.1, 0.15) is 0 Å². The second-order valence-corrected chi connectivity index (χ2v) is 5.58. The molecule has 0 aliphatic rings. The fraction of sp³-hybridized carbons (Fsp3) is 0.550. The highest BCUT2D eigenvalue weighted by Crippen LogP contribution is 2.02. The van der Waals surface area contributed by atoms with Gasteiger partial charge in [0.15, 0.2) is 0 Å². The van der Waals surface area contributed by atoms with E-state index in [1.54, 1.807) is 0 Å². The zero-order valence-electron chi connectivity index (χ0n) is 14.4. The van der Waals surface area contributed by atoms with Crippen LogP contribution < -0.4 is 0 Å². The Hall–Kier alpha value is -1.61. The molecule has 0 bridgehead atoms. The molecule has 0 aromatic heterocycles. The summed E-state index contributed by atoms with van der Waals surface area (Å²) in [6.07, 6.45) is 24.0. The molecule has 0 aliphatic heterocycles. The van der Waals surface area contributed by atoms with Gasteiger partial charge >= 0.3 is 5.97 Å². The summed E-state index contributed by atoms with van der Waals surface area (Å²) in [6.45, 7) is 2.22. The van der Waals surface area contributed by atoms with E-state index in [2.05, 4.69) is 43.4 Å². The maximum Gasteiger partial charge on any atom is 0.305 e. The van der Waals surface area contributed by atoms with Crippen LogP contribution in [0.15, 0.2) is 48.6 Å². The van der Waals surface area contributed by atoms with Crippen LogP contribution in [-0.2, 0) is 4.79 Å². The summed E-state index contributed by atoms with van der Waals surface area (Å²) in [5.74, 6) is -0.964. The molecule has 0 saturated heterocycles. The first-order chi connectivity index (χ1) is 11.2. The number of aliphatic hydroxyl groups excluding tert-OH is 1. The smallest absolute Gasteiger partial charge is 0.305 e. The van der Waals surface area contributed by atoms with Crippen LogP contribution in [0, 0.1) is 0 Å². The molecule has 0 spiro atoms. The van der Waals surface area contributed by atoms with Crippen LogP contribution in [-0.4, -0.2) is 22.3 Å². The first-order valence-corrected chi connectivity index (χ1v) is 8.66. The third-order valence-electron chi connectivity index (χ3n) is 3.28. The van der Waals surface area contributed by atoms with Crippen molar-refractivity contribution in [3.8, 4) is 0 Å². The molecule has 0 saturated carbocycles. The van der Waals surface area contributed by atoms with Crippen molar-refractivity contribution in [1.82, 2.24) is 0 Å². The van der Waals surface area contributed by atoms with Gasteiger partial charge in [0.05, 0.1) is 12.5 Å². The van der Waals surface area contributed by atoms with Crippen LogP contribution >= 0.6 is 0 Å². The number of hydrogen-bond acceptors (Lipinski definition) is 2. The van der Waals surface area contributed by atoms with E-state index in [0.29, 0.717) is 6.42 Å². The van der Waals surface area contributed by atoms with E-state index in [4.69, 9.17) is 5.11 Å². The summed E-state index contributed by atoms with van der Waals surface area (Å²) in [6, 6.07) is 0. The van der Waals surface area contributed by atoms with Crippen molar-refractivity contribution in [1.29, 1.82) is 0 Å². The molecule has 1 atom stereocenters. The van der Waals surface area contributed by atoms with Crippen LogP contribution in [0.25, 0.3) is 0 Å². The number of allylic oxidation sites excluding steroid dienone is 7. The van der Waals surface area contributed by atoms with Gasteiger partial charge < -0.3 is 10.2 Å². The van der Waals surface area contributed by atoms with E-state index in [0.717, 1.165) is 19.3 Å². The summed E-state index contributed by atoms with van der Waals surface area (Å²) in [4.78, 5) is 10.4. The highest BCUT2D eigenvalue weighted by Gasteiger charge is 2.06. The highest BCUT2D eigenvalue weighted by molar-refractivity contribution is 5.67. The summed E-state index contributed by atoms with van der Waals surface area (Å²) < 4.78 is 0. The van der Waals surface area contributed by atoms with Gasteiger partial charge in [-0.3, -0.25) is 4.79 Å². The predicted octanol–water partition coefficient (Wildman–Crippen LogP) is 5.19. The Morgan fingerprint density at radius 2 is 1.39 bits per heavy atom. The zero-order chi connectivity index (χ0) is 17.2. The average molecular weight is 320 g/mol. The van der Waals surface area contributed by atoms with Crippen molar-refractivity contribution in [2.24, 2.45) is 0 Å². The molecule has 0 rings (SSSR count). The maximum absolute atomic E-state index is 10.4. The van der Waals surface area contributed by atoms with Crippen LogP contribution in [0.5, 0.6) is 0 Å². The molecule has 130 valence electrons. The Bertz CT molecular complexity index is 392. The fourth-order valence-electron chi connectivity index (χ4n) is 1.98. The van der Waals surface area contributed by atoms with Gasteiger partial charge in [-0.1, -0.05) is 68.4 Å². The Balaban J connectivity index is 3.52. The van der Waals surface area contributed by atoms with Gasteiger partial charge in [-0.25, -0.2) is 0 Å². The molecule has 0 aliphatic carbocycles. The van der Waals surface area contributed by atoms with Gasteiger partial charge in [0.25, 0.3) is 0 Å². The largest absolute Gasteiger partial charge is 0.481 e. The number of carbonyl (C=O) groups is 1. The number of carboxylic acids is 1. The third kappa shape index (κ3) is 18.3. The molecular weight excluding hydrogens is 288 g/mol. The van der Waals surface area contributed by atoms with E-state index in [-0.39, 0.29) is 6.42 Å². The lowest BCUT2D eigenvalue weighted by molar-refractivity contribution is -0.139. The first-order valence-electron chi connectivity index (χ1n) is 8.66. The Kier molecular flexibility index (Phi) is 15.6. The number of rotatable bonds is 14. The van der Waals surface area contributed by atoms with E-state index in [1.165, 1.54) is 25.7 Å². The normalized spacial score (nSPS) is 13.8. The number of unbranched alkanes of at least 4 members (excludes halogenated alkanes) is 3. The van der Waals surface area contributed by atoms with E-state index in [1.807, 2.05) is 12.2 Å².